The first-order chi connectivity index (χ1) is 11.2. The molecule has 24 heavy (non-hydrogen) atoms. The highest BCUT2D eigenvalue weighted by Crippen LogP contribution is 2.26. The van der Waals surface area contributed by atoms with Gasteiger partial charge in [-0.3, -0.25) is 4.79 Å². The Morgan fingerprint density at radius 2 is 2.08 bits per heavy atom. The summed E-state index contributed by atoms with van der Waals surface area (Å²) in [5.41, 5.74) is 0.843. The van der Waals surface area contributed by atoms with Gasteiger partial charge in [-0.25, -0.2) is 9.78 Å². The number of pyridine rings is 1. The van der Waals surface area contributed by atoms with Crippen LogP contribution in [-0.4, -0.2) is 41.7 Å². The smallest absolute Gasteiger partial charge is 0.331 e. The summed E-state index contributed by atoms with van der Waals surface area (Å²) in [6, 6.07) is 1.58. The molecule has 0 bridgehead atoms. The summed E-state index contributed by atoms with van der Waals surface area (Å²) in [5, 5.41) is 5.92. The number of ether oxygens (including phenoxy) is 2. The molecule has 0 unspecified atom stereocenters. The molecule has 1 aliphatic heterocycles. The van der Waals surface area contributed by atoms with Crippen LogP contribution in [0.2, 0.25) is 0 Å². The molecule has 1 amide bonds. The fourth-order valence-corrected chi connectivity index (χ4v) is 2.33. The van der Waals surface area contributed by atoms with E-state index in [4.69, 9.17) is 9.47 Å². The number of carbonyl (C=O) groups is 2. The van der Waals surface area contributed by atoms with Gasteiger partial charge in [-0.2, -0.15) is 0 Å². The highest BCUT2D eigenvalue weighted by Gasteiger charge is 2.29. The van der Waals surface area contributed by atoms with E-state index < -0.39 is 17.7 Å². The molecule has 2 N–H and O–H groups in total. The van der Waals surface area contributed by atoms with E-state index >= 15 is 0 Å². The van der Waals surface area contributed by atoms with Gasteiger partial charge in [-0.05, 0) is 45.4 Å². The van der Waals surface area contributed by atoms with E-state index in [0.29, 0.717) is 17.1 Å². The molecule has 130 valence electrons. The predicted octanol–water partition coefficient (Wildman–Crippen LogP) is 2.20. The number of esters is 1. The van der Waals surface area contributed by atoms with Gasteiger partial charge in [-0.1, -0.05) is 0 Å². The second-order valence-corrected chi connectivity index (χ2v) is 6.61. The van der Waals surface area contributed by atoms with Crippen molar-refractivity contribution in [1.82, 2.24) is 4.98 Å². The molecular formula is C17H23N3O4. The van der Waals surface area contributed by atoms with Gasteiger partial charge in [0, 0.05) is 19.4 Å². The van der Waals surface area contributed by atoms with E-state index in [0.717, 1.165) is 0 Å². The third kappa shape index (κ3) is 4.55. The van der Waals surface area contributed by atoms with Crippen molar-refractivity contribution in [3.63, 3.8) is 0 Å². The average Bonchev–Trinajstić information content (AvgIpc) is 2.57. The van der Waals surface area contributed by atoms with E-state index in [-0.39, 0.29) is 11.9 Å². The average molecular weight is 333 g/mol. The Morgan fingerprint density at radius 3 is 2.71 bits per heavy atom. The van der Waals surface area contributed by atoms with Crippen molar-refractivity contribution in [2.24, 2.45) is 0 Å². The zero-order valence-electron chi connectivity index (χ0n) is 14.5. The van der Waals surface area contributed by atoms with Crippen molar-refractivity contribution in [3.8, 4) is 0 Å². The molecule has 2 atom stereocenters. The topological polar surface area (TPSA) is 89.5 Å². The Bertz CT molecular complexity index is 664. The standard InChI is InChI=1S/C17H23N3O4/c1-10-14(23-5)16(22)20-15-12(19-10)8-11(9-18-15)6-7-13(21)24-17(2,3)4/h6-10,14,19H,1-5H3,(H,18,20,22)/b7-6+/t10-,14+/m1/s1. The van der Waals surface area contributed by atoms with E-state index in [1.54, 1.807) is 18.3 Å². The maximum Gasteiger partial charge on any atom is 0.331 e. The minimum atomic E-state index is -0.611. The van der Waals surface area contributed by atoms with Crippen LogP contribution in [0.15, 0.2) is 18.3 Å². The van der Waals surface area contributed by atoms with Crippen LogP contribution in [0.25, 0.3) is 6.08 Å². The van der Waals surface area contributed by atoms with Crippen molar-refractivity contribution < 1.29 is 19.1 Å². The van der Waals surface area contributed by atoms with E-state index in [2.05, 4.69) is 15.6 Å². The molecule has 0 saturated carbocycles. The Morgan fingerprint density at radius 1 is 1.38 bits per heavy atom. The molecule has 0 aromatic carbocycles. The Kier molecular flexibility index (Phi) is 5.23. The molecule has 2 rings (SSSR count). The second-order valence-electron chi connectivity index (χ2n) is 6.61. The Labute approximate surface area is 141 Å². The Hall–Kier alpha value is -2.41. The van der Waals surface area contributed by atoms with Crippen LogP contribution in [0.5, 0.6) is 0 Å². The zero-order valence-corrected chi connectivity index (χ0v) is 14.5. The highest BCUT2D eigenvalue weighted by molar-refractivity contribution is 5.98. The van der Waals surface area contributed by atoms with Crippen molar-refractivity contribution in [1.29, 1.82) is 0 Å². The van der Waals surface area contributed by atoms with Crippen molar-refractivity contribution in [2.75, 3.05) is 17.7 Å². The van der Waals surface area contributed by atoms with Gasteiger partial charge in [0.15, 0.2) is 11.9 Å². The van der Waals surface area contributed by atoms with E-state index in [1.165, 1.54) is 13.2 Å². The van der Waals surface area contributed by atoms with Gasteiger partial charge >= 0.3 is 5.97 Å². The lowest BCUT2D eigenvalue weighted by Gasteiger charge is -2.19. The third-order valence-electron chi connectivity index (χ3n) is 3.32. The molecule has 7 nitrogen and oxygen atoms in total. The molecule has 0 saturated heterocycles. The van der Waals surface area contributed by atoms with Crippen LogP contribution < -0.4 is 10.6 Å². The molecule has 0 radical (unpaired) electrons. The number of rotatable bonds is 3. The van der Waals surface area contributed by atoms with E-state index in [1.807, 2.05) is 27.7 Å². The number of aromatic nitrogens is 1. The van der Waals surface area contributed by atoms with E-state index in [9.17, 15) is 9.59 Å². The van der Waals surface area contributed by atoms with Gasteiger partial charge in [0.25, 0.3) is 5.91 Å². The van der Waals surface area contributed by atoms with Crippen molar-refractivity contribution in [3.05, 3.63) is 23.9 Å². The summed E-state index contributed by atoms with van der Waals surface area (Å²) in [5.74, 6) is -0.242. The molecule has 0 fully saturated rings. The molecule has 1 aromatic rings. The number of fused-ring (bicyclic) bond motifs is 1. The fourth-order valence-electron chi connectivity index (χ4n) is 2.33. The van der Waals surface area contributed by atoms with Crippen LogP contribution in [0.1, 0.15) is 33.3 Å². The summed E-state index contributed by atoms with van der Waals surface area (Å²) in [6.07, 6.45) is 3.93. The molecule has 0 spiro atoms. The number of nitrogens with zero attached hydrogens (tertiary/aromatic N) is 1. The SMILES string of the molecule is CO[C@@H]1C(=O)Nc2ncc(/C=C/C(=O)OC(C)(C)C)cc2N[C@@H]1C. The number of anilines is 2. The number of hydrogen-bond donors (Lipinski definition) is 2. The second kappa shape index (κ2) is 7.00. The Balaban J connectivity index is 2.17. The normalized spacial score (nSPS) is 20.8. The summed E-state index contributed by atoms with van der Waals surface area (Å²) in [4.78, 5) is 28.0. The van der Waals surface area contributed by atoms with Gasteiger partial charge in [0.1, 0.15) is 5.60 Å². The van der Waals surface area contributed by atoms with Crippen LogP contribution in [0.3, 0.4) is 0 Å². The third-order valence-corrected chi connectivity index (χ3v) is 3.32. The van der Waals surface area contributed by atoms with Gasteiger partial charge in [-0.15, -0.1) is 0 Å². The fraction of sp³-hybridized carbons (Fsp3) is 0.471. The highest BCUT2D eigenvalue weighted by atomic mass is 16.6. The number of methoxy groups -OCH3 is 1. The van der Waals surface area contributed by atoms with Gasteiger partial charge < -0.3 is 20.1 Å². The monoisotopic (exact) mass is 333 g/mol. The molecule has 2 heterocycles. The van der Waals surface area contributed by atoms with Crippen LogP contribution >= 0.6 is 0 Å². The first kappa shape index (κ1) is 17.9. The first-order valence-corrected chi connectivity index (χ1v) is 7.71. The number of carbonyl (C=O) groups excluding carboxylic acids is 2. The molecular weight excluding hydrogens is 310 g/mol. The summed E-state index contributed by atoms with van der Waals surface area (Å²) in [6.45, 7) is 7.28. The lowest BCUT2D eigenvalue weighted by Crippen LogP contribution is -2.39. The quantitative estimate of drug-likeness (QED) is 0.651. The minimum absolute atomic E-state index is 0.219. The molecule has 1 aromatic heterocycles. The summed E-state index contributed by atoms with van der Waals surface area (Å²) < 4.78 is 10.4. The van der Waals surface area contributed by atoms with Crippen LogP contribution in [-0.2, 0) is 19.1 Å². The number of hydrogen-bond acceptors (Lipinski definition) is 6. The first-order valence-electron chi connectivity index (χ1n) is 7.71. The minimum Gasteiger partial charge on any atom is -0.457 e. The molecule has 0 aliphatic carbocycles. The van der Waals surface area contributed by atoms with Crippen LogP contribution in [0.4, 0.5) is 11.5 Å². The lowest BCUT2D eigenvalue weighted by molar-refractivity contribution is -0.148. The van der Waals surface area contributed by atoms with Crippen molar-refractivity contribution in [2.45, 2.75) is 45.4 Å². The maximum atomic E-state index is 12.1. The summed E-state index contributed by atoms with van der Waals surface area (Å²) in [7, 11) is 1.49. The number of amides is 1. The van der Waals surface area contributed by atoms with Crippen molar-refractivity contribution >= 4 is 29.5 Å². The molecule has 1 aliphatic rings. The molecule has 7 heteroatoms. The van der Waals surface area contributed by atoms with Crippen LogP contribution in [0, 0.1) is 0 Å². The zero-order chi connectivity index (χ0) is 17.9. The lowest BCUT2D eigenvalue weighted by atomic mass is 10.1. The largest absolute Gasteiger partial charge is 0.457 e. The van der Waals surface area contributed by atoms with Gasteiger partial charge in [0.2, 0.25) is 0 Å². The number of nitrogens with one attached hydrogen (secondary N) is 2. The maximum absolute atomic E-state index is 12.1. The summed E-state index contributed by atoms with van der Waals surface area (Å²) >= 11 is 0. The van der Waals surface area contributed by atoms with Gasteiger partial charge in [0.05, 0.1) is 11.7 Å². The predicted molar refractivity (Wildman–Crippen MR) is 91.6 cm³/mol.